The van der Waals surface area contributed by atoms with E-state index in [0.717, 1.165) is 25.1 Å². The van der Waals surface area contributed by atoms with Gasteiger partial charge in [0.2, 0.25) is 0 Å². The zero-order chi connectivity index (χ0) is 12.3. The van der Waals surface area contributed by atoms with Gasteiger partial charge in [-0.2, -0.15) is 0 Å². The molecule has 0 aliphatic heterocycles. The van der Waals surface area contributed by atoms with Crippen LogP contribution >= 0.6 is 0 Å². The highest BCUT2D eigenvalue weighted by Crippen LogP contribution is 2.00. The first-order valence-electron chi connectivity index (χ1n) is 5.98. The predicted molar refractivity (Wildman–Crippen MR) is 67.8 cm³/mol. The first-order valence-corrected chi connectivity index (χ1v) is 5.98. The van der Waals surface area contributed by atoms with Gasteiger partial charge in [0, 0.05) is 6.54 Å². The second-order valence-corrected chi connectivity index (χ2v) is 3.70. The van der Waals surface area contributed by atoms with E-state index in [0.29, 0.717) is 13.2 Å². The zero-order valence-electron chi connectivity index (χ0n) is 10.2. The number of ether oxygens (including phenoxy) is 1. The number of rotatable bonds is 7. The molecule has 94 valence electrons. The summed E-state index contributed by atoms with van der Waals surface area (Å²) in [5.74, 6) is 0. The van der Waals surface area contributed by atoms with E-state index in [9.17, 15) is 4.79 Å². The smallest absolute Gasteiger partial charge is 0.407 e. The Labute approximate surface area is 102 Å². The largest absolute Gasteiger partial charge is 0.445 e. The number of amides is 1. The Balaban J connectivity index is 2.05. The average Bonchev–Trinajstić information content (AvgIpc) is 2.37. The molecule has 2 N–H and O–H groups in total. The maximum Gasteiger partial charge on any atom is 0.407 e. The van der Waals surface area contributed by atoms with Gasteiger partial charge in [0.25, 0.3) is 0 Å². The van der Waals surface area contributed by atoms with Crippen molar-refractivity contribution in [2.45, 2.75) is 20.0 Å². The van der Waals surface area contributed by atoms with Crippen molar-refractivity contribution in [2.24, 2.45) is 0 Å². The fraction of sp³-hybridized carbons (Fsp3) is 0.462. The molecule has 1 rings (SSSR count). The first-order chi connectivity index (χ1) is 8.33. The third-order valence-corrected chi connectivity index (χ3v) is 2.26. The van der Waals surface area contributed by atoms with Gasteiger partial charge < -0.3 is 15.4 Å². The van der Waals surface area contributed by atoms with E-state index in [1.54, 1.807) is 0 Å². The van der Waals surface area contributed by atoms with Crippen LogP contribution in [-0.2, 0) is 11.3 Å². The van der Waals surface area contributed by atoms with Crippen LogP contribution < -0.4 is 10.6 Å². The van der Waals surface area contributed by atoms with Gasteiger partial charge in [0.1, 0.15) is 6.61 Å². The van der Waals surface area contributed by atoms with Crippen molar-refractivity contribution in [3.05, 3.63) is 35.9 Å². The van der Waals surface area contributed by atoms with E-state index < -0.39 is 0 Å². The molecule has 0 spiro atoms. The summed E-state index contributed by atoms with van der Waals surface area (Å²) in [5.41, 5.74) is 0.996. The summed E-state index contributed by atoms with van der Waals surface area (Å²) in [6, 6.07) is 9.64. The van der Waals surface area contributed by atoms with Gasteiger partial charge in [-0.25, -0.2) is 4.79 Å². The van der Waals surface area contributed by atoms with Crippen LogP contribution in [-0.4, -0.2) is 25.7 Å². The first kappa shape index (κ1) is 13.5. The number of carbonyl (C=O) groups is 1. The molecule has 4 nitrogen and oxygen atoms in total. The Bertz CT molecular complexity index is 314. The van der Waals surface area contributed by atoms with Gasteiger partial charge in [0.05, 0.1) is 0 Å². The molecule has 0 heterocycles. The fourth-order valence-electron chi connectivity index (χ4n) is 1.35. The predicted octanol–water partition coefficient (Wildman–Crippen LogP) is 1.91. The Morgan fingerprint density at radius 1 is 1.24 bits per heavy atom. The van der Waals surface area contributed by atoms with E-state index in [1.165, 1.54) is 0 Å². The molecule has 1 aromatic carbocycles. The van der Waals surface area contributed by atoms with Crippen molar-refractivity contribution in [1.82, 2.24) is 10.6 Å². The van der Waals surface area contributed by atoms with Gasteiger partial charge in [-0.05, 0) is 25.1 Å². The Hall–Kier alpha value is -1.55. The molecular weight excluding hydrogens is 216 g/mol. The van der Waals surface area contributed by atoms with Gasteiger partial charge >= 0.3 is 6.09 Å². The van der Waals surface area contributed by atoms with Gasteiger partial charge in [-0.3, -0.25) is 0 Å². The SMILES string of the molecule is CCNCCCNC(=O)OCc1ccccc1. The van der Waals surface area contributed by atoms with Gasteiger partial charge in [-0.15, -0.1) is 0 Å². The van der Waals surface area contributed by atoms with Crippen molar-refractivity contribution < 1.29 is 9.53 Å². The topological polar surface area (TPSA) is 50.4 Å². The second kappa shape index (κ2) is 8.58. The summed E-state index contributed by atoms with van der Waals surface area (Å²) in [4.78, 5) is 11.3. The highest BCUT2D eigenvalue weighted by atomic mass is 16.5. The molecular formula is C13H20N2O2. The lowest BCUT2D eigenvalue weighted by Gasteiger charge is -2.07. The quantitative estimate of drug-likeness (QED) is 0.711. The lowest BCUT2D eigenvalue weighted by Crippen LogP contribution is -2.27. The summed E-state index contributed by atoms with van der Waals surface area (Å²) in [7, 11) is 0. The maximum atomic E-state index is 11.3. The van der Waals surface area contributed by atoms with Crippen molar-refractivity contribution in [3.63, 3.8) is 0 Å². The molecule has 0 aromatic heterocycles. The highest BCUT2D eigenvalue weighted by Gasteiger charge is 2.00. The van der Waals surface area contributed by atoms with E-state index in [-0.39, 0.29) is 6.09 Å². The van der Waals surface area contributed by atoms with Crippen molar-refractivity contribution >= 4 is 6.09 Å². The Morgan fingerprint density at radius 2 is 2.00 bits per heavy atom. The summed E-state index contributed by atoms with van der Waals surface area (Å²) in [5, 5.41) is 5.90. The molecule has 17 heavy (non-hydrogen) atoms. The fourth-order valence-corrected chi connectivity index (χ4v) is 1.35. The summed E-state index contributed by atoms with van der Waals surface area (Å²) < 4.78 is 5.06. The van der Waals surface area contributed by atoms with Crippen LogP contribution in [0.5, 0.6) is 0 Å². The summed E-state index contributed by atoms with van der Waals surface area (Å²) in [6.07, 6.45) is 0.555. The van der Waals surface area contributed by atoms with Crippen LogP contribution in [0.1, 0.15) is 18.9 Å². The third-order valence-electron chi connectivity index (χ3n) is 2.26. The molecule has 1 aromatic rings. The van der Waals surface area contributed by atoms with Crippen LogP contribution in [0.25, 0.3) is 0 Å². The number of benzene rings is 1. The molecule has 4 heteroatoms. The molecule has 0 unspecified atom stereocenters. The summed E-state index contributed by atoms with van der Waals surface area (Å²) in [6.45, 7) is 4.88. The van der Waals surface area contributed by atoms with Crippen LogP contribution in [0.3, 0.4) is 0 Å². The molecule has 0 aliphatic carbocycles. The molecule has 0 saturated carbocycles. The van der Waals surface area contributed by atoms with Crippen LogP contribution in [0.4, 0.5) is 4.79 Å². The molecule has 0 fully saturated rings. The normalized spacial score (nSPS) is 9.94. The molecule has 0 atom stereocenters. The standard InChI is InChI=1S/C13H20N2O2/c1-2-14-9-6-10-15-13(16)17-11-12-7-4-3-5-8-12/h3-5,7-8,14H,2,6,9-11H2,1H3,(H,15,16). The lowest BCUT2D eigenvalue weighted by molar-refractivity contribution is 0.139. The number of nitrogens with one attached hydrogen (secondary N) is 2. The molecule has 0 radical (unpaired) electrons. The number of hydrogen-bond acceptors (Lipinski definition) is 3. The number of carbonyl (C=O) groups excluding carboxylic acids is 1. The van der Waals surface area contributed by atoms with E-state index >= 15 is 0 Å². The Morgan fingerprint density at radius 3 is 2.71 bits per heavy atom. The molecule has 0 saturated heterocycles. The second-order valence-electron chi connectivity index (χ2n) is 3.70. The van der Waals surface area contributed by atoms with E-state index in [4.69, 9.17) is 4.74 Å². The van der Waals surface area contributed by atoms with Crippen molar-refractivity contribution in [2.75, 3.05) is 19.6 Å². The van der Waals surface area contributed by atoms with E-state index in [2.05, 4.69) is 17.6 Å². The van der Waals surface area contributed by atoms with Crippen molar-refractivity contribution in [3.8, 4) is 0 Å². The average molecular weight is 236 g/mol. The third kappa shape index (κ3) is 6.58. The number of hydrogen-bond donors (Lipinski definition) is 2. The minimum Gasteiger partial charge on any atom is -0.445 e. The van der Waals surface area contributed by atoms with Crippen LogP contribution in [0, 0.1) is 0 Å². The molecule has 1 amide bonds. The number of alkyl carbamates (subject to hydrolysis) is 1. The highest BCUT2D eigenvalue weighted by molar-refractivity contribution is 5.67. The molecule has 0 bridgehead atoms. The van der Waals surface area contributed by atoms with Crippen molar-refractivity contribution in [1.29, 1.82) is 0 Å². The van der Waals surface area contributed by atoms with Gasteiger partial charge in [-0.1, -0.05) is 37.3 Å². The monoisotopic (exact) mass is 236 g/mol. The Kier molecular flexibility index (Phi) is 6.82. The van der Waals surface area contributed by atoms with Gasteiger partial charge in [0.15, 0.2) is 0 Å². The minimum atomic E-state index is -0.356. The van der Waals surface area contributed by atoms with Crippen LogP contribution in [0.2, 0.25) is 0 Å². The zero-order valence-corrected chi connectivity index (χ0v) is 10.2. The maximum absolute atomic E-state index is 11.3. The van der Waals surface area contributed by atoms with Crippen LogP contribution in [0.15, 0.2) is 30.3 Å². The lowest BCUT2D eigenvalue weighted by atomic mass is 10.2. The summed E-state index contributed by atoms with van der Waals surface area (Å²) >= 11 is 0. The van der Waals surface area contributed by atoms with E-state index in [1.807, 2.05) is 30.3 Å². The molecule has 0 aliphatic rings. The minimum absolute atomic E-state index is 0.319.